The average Bonchev–Trinajstić information content (AvgIpc) is 3.58. The Balaban J connectivity index is 2.80. The smallest absolute Gasteiger partial charge is 0.243 e. The molecule has 0 bridgehead atoms. The van der Waals surface area contributed by atoms with Crippen LogP contribution in [0.2, 0.25) is 0 Å². The van der Waals surface area contributed by atoms with Crippen LogP contribution in [0, 0.1) is 17.8 Å². The number of likely N-dealkylation sites (tertiary alicyclic amines) is 1. The van der Waals surface area contributed by atoms with Crippen LogP contribution in [0.4, 0.5) is 0 Å². The fourth-order valence-electron chi connectivity index (χ4n) is 5.42. The van der Waals surface area contributed by atoms with Crippen LogP contribution in [0.5, 0.6) is 0 Å². The molecule has 1 rings (SSSR count). The van der Waals surface area contributed by atoms with Crippen molar-refractivity contribution in [1.29, 1.82) is 0 Å². The number of methoxy groups -OCH3 is 1. The van der Waals surface area contributed by atoms with Crippen LogP contribution in [0.25, 0.3) is 0 Å². The van der Waals surface area contributed by atoms with Gasteiger partial charge in [-0.25, -0.2) is 0 Å². The number of carbonyl (C=O) groups is 7. The first kappa shape index (κ1) is 45.2. The van der Waals surface area contributed by atoms with Gasteiger partial charge in [0, 0.05) is 33.2 Å². The summed E-state index contributed by atoms with van der Waals surface area (Å²) < 4.78 is 10.2. The SMILES string of the molecule is CCC(C)[C@H](NC(=O)[C@H](CC(C)C)NC(=O)CNC(=O)[C@@H](NC(=O)[C@@H]1CCCN1C(=O)CCN)C(C)C)C(=O)NCC(=O)NCCOCCOC. The minimum atomic E-state index is -1.02. The topological polar surface area (TPSA) is 239 Å². The van der Waals surface area contributed by atoms with Crippen LogP contribution in [0.3, 0.4) is 0 Å². The van der Waals surface area contributed by atoms with Gasteiger partial charge in [0.2, 0.25) is 41.4 Å². The van der Waals surface area contributed by atoms with Gasteiger partial charge in [-0.2, -0.15) is 0 Å². The number of ether oxygens (including phenoxy) is 2. The fourth-order valence-corrected chi connectivity index (χ4v) is 5.42. The molecule has 8 N–H and O–H groups in total. The summed E-state index contributed by atoms with van der Waals surface area (Å²) in [6.07, 6.45) is 2.05. The molecule has 1 saturated heterocycles. The van der Waals surface area contributed by atoms with E-state index >= 15 is 0 Å². The number of carbonyl (C=O) groups excluding carboxylic acids is 7. The van der Waals surface area contributed by atoms with E-state index in [1.54, 1.807) is 27.9 Å². The highest BCUT2D eigenvalue weighted by Crippen LogP contribution is 2.19. The Morgan fingerprint density at radius 2 is 1.45 bits per heavy atom. The quantitative estimate of drug-likeness (QED) is 0.0571. The molecule has 292 valence electrons. The highest BCUT2D eigenvalue weighted by molar-refractivity contribution is 5.96. The first-order chi connectivity index (χ1) is 24.2. The van der Waals surface area contributed by atoms with Crippen LogP contribution in [0.15, 0.2) is 0 Å². The van der Waals surface area contributed by atoms with Gasteiger partial charge in [-0.15, -0.1) is 0 Å². The average molecular weight is 727 g/mol. The van der Waals surface area contributed by atoms with Crippen molar-refractivity contribution in [1.82, 2.24) is 36.8 Å². The van der Waals surface area contributed by atoms with E-state index < -0.39 is 66.2 Å². The van der Waals surface area contributed by atoms with Crippen LogP contribution in [-0.2, 0) is 43.0 Å². The van der Waals surface area contributed by atoms with Crippen molar-refractivity contribution in [3.8, 4) is 0 Å². The largest absolute Gasteiger partial charge is 0.382 e. The van der Waals surface area contributed by atoms with E-state index in [0.29, 0.717) is 39.0 Å². The summed E-state index contributed by atoms with van der Waals surface area (Å²) in [5.41, 5.74) is 5.51. The Morgan fingerprint density at radius 1 is 0.804 bits per heavy atom. The molecule has 1 heterocycles. The molecular formula is C34H62N8O9. The summed E-state index contributed by atoms with van der Waals surface area (Å²) in [6.45, 7) is 12.1. The van der Waals surface area contributed by atoms with Gasteiger partial charge in [-0.1, -0.05) is 48.0 Å². The molecule has 51 heavy (non-hydrogen) atoms. The minimum absolute atomic E-state index is 0.0129. The number of nitrogens with one attached hydrogen (secondary N) is 6. The van der Waals surface area contributed by atoms with Gasteiger partial charge in [0.05, 0.1) is 32.9 Å². The molecule has 0 aromatic carbocycles. The maximum Gasteiger partial charge on any atom is 0.243 e. The molecule has 0 saturated carbocycles. The molecule has 0 aromatic heterocycles. The highest BCUT2D eigenvalue weighted by Gasteiger charge is 2.36. The van der Waals surface area contributed by atoms with Gasteiger partial charge < -0.3 is 52.0 Å². The number of rotatable bonds is 24. The molecule has 0 radical (unpaired) electrons. The molecule has 1 aliphatic heterocycles. The normalized spacial score (nSPS) is 16.5. The monoisotopic (exact) mass is 726 g/mol. The molecule has 1 aliphatic rings. The maximum absolute atomic E-state index is 13.5. The zero-order valence-electron chi connectivity index (χ0n) is 31.4. The molecule has 0 spiro atoms. The van der Waals surface area contributed by atoms with Crippen LogP contribution in [-0.4, -0.2) is 130 Å². The Morgan fingerprint density at radius 3 is 2.04 bits per heavy atom. The summed E-state index contributed by atoms with van der Waals surface area (Å²) in [7, 11) is 1.56. The van der Waals surface area contributed by atoms with Gasteiger partial charge >= 0.3 is 0 Å². The second-order valence-electron chi connectivity index (χ2n) is 13.5. The Labute approximate surface area is 302 Å². The predicted octanol–water partition coefficient (Wildman–Crippen LogP) is -1.46. The number of hydrogen-bond acceptors (Lipinski definition) is 10. The van der Waals surface area contributed by atoms with E-state index in [9.17, 15) is 33.6 Å². The van der Waals surface area contributed by atoms with Crippen molar-refractivity contribution < 1.29 is 43.0 Å². The van der Waals surface area contributed by atoms with E-state index in [-0.39, 0.29) is 62.7 Å². The lowest BCUT2D eigenvalue weighted by Crippen LogP contribution is -2.58. The summed E-state index contributed by atoms with van der Waals surface area (Å²) in [5.74, 6) is -4.08. The van der Waals surface area contributed by atoms with Gasteiger partial charge in [0.1, 0.15) is 24.2 Å². The molecule has 5 atom stereocenters. The standard InChI is InChI=1S/C34H62N8O9/c1-8-23(6)30(34(49)37-19-26(43)36-13-15-51-17-16-50-7)41-31(46)24(18-21(2)3)39-27(44)20-38-33(48)29(22(4)5)40-32(47)25-10-9-14-42(25)28(45)11-12-35/h21-25,29-30H,8-20,35H2,1-7H3,(H,36,43)(H,37,49)(H,38,48)(H,39,44)(H,40,47)(H,41,46)/t23?,24-,25-,29-,30-/m0/s1. The third-order valence-electron chi connectivity index (χ3n) is 8.48. The van der Waals surface area contributed by atoms with E-state index in [2.05, 4.69) is 31.9 Å². The Kier molecular flexibility index (Phi) is 21.6. The maximum atomic E-state index is 13.5. The lowest BCUT2D eigenvalue weighted by Gasteiger charge is -2.28. The van der Waals surface area contributed by atoms with Gasteiger partial charge in [0.25, 0.3) is 0 Å². The lowest BCUT2D eigenvalue weighted by molar-refractivity contribution is -0.139. The zero-order chi connectivity index (χ0) is 38.5. The minimum Gasteiger partial charge on any atom is -0.382 e. The third-order valence-corrected chi connectivity index (χ3v) is 8.48. The van der Waals surface area contributed by atoms with Crippen LogP contribution >= 0.6 is 0 Å². The number of nitrogens with two attached hydrogens (primary N) is 1. The van der Waals surface area contributed by atoms with E-state index in [4.69, 9.17) is 15.2 Å². The van der Waals surface area contributed by atoms with Crippen LogP contribution < -0.4 is 37.6 Å². The fraction of sp³-hybridized carbons (Fsp3) is 0.794. The summed E-state index contributed by atoms with van der Waals surface area (Å²) in [5, 5.41) is 15.9. The van der Waals surface area contributed by atoms with E-state index in [1.165, 1.54) is 4.90 Å². The van der Waals surface area contributed by atoms with Crippen molar-refractivity contribution in [3.05, 3.63) is 0 Å². The zero-order valence-corrected chi connectivity index (χ0v) is 31.4. The Hall–Kier alpha value is -3.83. The number of nitrogens with zero attached hydrogens (tertiary/aromatic N) is 1. The van der Waals surface area contributed by atoms with Gasteiger partial charge in [0.15, 0.2) is 0 Å². The highest BCUT2D eigenvalue weighted by atomic mass is 16.5. The molecular weight excluding hydrogens is 664 g/mol. The lowest BCUT2D eigenvalue weighted by atomic mass is 9.96. The van der Waals surface area contributed by atoms with Gasteiger partial charge in [-0.05, 0) is 37.0 Å². The summed E-state index contributed by atoms with van der Waals surface area (Å²) in [6, 6.07) is -3.67. The van der Waals surface area contributed by atoms with Crippen molar-refractivity contribution in [2.75, 3.05) is 59.7 Å². The molecule has 7 amide bonds. The second-order valence-corrected chi connectivity index (χ2v) is 13.5. The van der Waals surface area contributed by atoms with Crippen molar-refractivity contribution >= 4 is 41.4 Å². The Bertz CT molecular complexity index is 1150. The summed E-state index contributed by atoms with van der Waals surface area (Å²) in [4.78, 5) is 92.0. The molecule has 17 heteroatoms. The van der Waals surface area contributed by atoms with Crippen molar-refractivity contribution in [2.24, 2.45) is 23.5 Å². The number of amides is 7. The number of hydrogen-bond donors (Lipinski definition) is 7. The van der Waals surface area contributed by atoms with E-state index in [0.717, 1.165) is 0 Å². The third kappa shape index (κ3) is 16.8. The van der Waals surface area contributed by atoms with Crippen molar-refractivity contribution in [3.63, 3.8) is 0 Å². The van der Waals surface area contributed by atoms with E-state index in [1.807, 2.05) is 20.8 Å². The predicted molar refractivity (Wildman–Crippen MR) is 190 cm³/mol. The first-order valence-electron chi connectivity index (χ1n) is 17.9. The molecule has 0 aliphatic carbocycles. The summed E-state index contributed by atoms with van der Waals surface area (Å²) >= 11 is 0. The molecule has 17 nitrogen and oxygen atoms in total. The molecule has 0 aromatic rings. The van der Waals surface area contributed by atoms with Gasteiger partial charge in [-0.3, -0.25) is 33.6 Å². The van der Waals surface area contributed by atoms with Crippen molar-refractivity contribution in [2.45, 2.75) is 97.8 Å². The molecule has 1 unspecified atom stereocenters. The molecule has 1 fully saturated rings. The first-order valence-corrected chi connectivity index (χ1v) is 17.9. The van der Waals surface area contributed by atoms with Crippen LogP contribution in [0.1, 0.15) is 73.6 Å². The second kappa shape index (κ2) is 24.4.